The fraction of sp³-hybridized carbons (Fsp3) is 0.0625. The summed E-state index contributed by atoms with van der Waals surface area (Å²) in [6, 6.07) is 59.9. The minimum atomic E-state index is -0.0290. The Morgan fingerprint density at radius 2 is 0.922 bits per heavy atom. The van der Waals surface area contributed by atoms with Crippen LogP contribution in [0.3, 0.4) is 0 Å². The smallest absolute Gasteiger partial charge is 0.160 e. The molecule has 0 bridgehead atoms. The highest BCUT2D eigenvalue weighted by Crippen LogP contribution is 2.52. The Morgan fingerprint density at radius 3 is 1.67 bits per heavy atom. The van der Waals surface area contributed by atoms with Gasteiger partial charge >= 0.3 is 0 Å². The van der Waals surface area contributed by atoms with Gasteiger partial charge in [0.15, 0.2) is 5.82 Å². The first-order valence-corrected chi connectivity index (χ1v) is 17.4. The number of hydrogen-bond acceptors (Lipinski definition) is 3. The van der Waals surface area contributed by atoms with Crippen molar-refractivity contribution in [2.45, 2.75) is 19.3 Å². The summed E-state index contributed by atoms with van der Waals surface area (Å²) in [4.78, 5) is 14.8. The van der Waals surface area contributed by atoms with E-state index in [4.69, 9.17) is 15.0 Å². The van der Waals surface area contributed by atoms with Gasteiger partial charge in [-0.15, -0.1) is 0 Å². The van der Waals surface area contributed by atoms with E-state index in [1.807, 2.05) is 42.6 Å². The first kappa shape index (κ1) is 30.6. The monoisotopic (exact) mass is 653 g/mol. The third-order valence-electron chi connectivity index (χ3n) is 10.2. The van der Waals surface area contributed by atoms with E-state index < -0.39 is 0 Å². The first-order valence-electron chi connectivity index (χ1n) is 17.4. The van der Waals surface area contributed by atoms with Crippen LogP contribution >= 0.6 is 0 Å². The Hall–Kier alpha value is -6.45. The van der Waals surface area contributed by atoms with E-state index in [9.17, 15) is 0 Å². The zero-order valence-electron chi connectivity index (χ0n) is 28.6. The summed E-state index contributed by atoms with van der Waals surface area (Å²) in [7, 11) is 0. The summed E-state index contributed by atoms with van der Waals surface area (Å²) in [5.41, 5.74) is 17.0. The summed E-state index contributed by atoms with van der Waals surface area (Å²) >= 11 is 0. The molecule has 2 heterocycles. The molecule has 0 radical (unpaired) electrons. The average molecular weight is 654 g/mol. The van der Waals surface area contributed by atoms with E-state index in [0.717, 1.165) is 44.9 Å². The van der Waals surface area contributed by atoms with Crippen molar-refractivity contribution in [1.82, 2.24) is 15.0 Å². The van der Waals surface area contributed by atoms with Crippen LogP contribution in [0.25, 0.3) is 78.5 Å². The first-order chi connectivity index (χ1) is 25.0. The van der Waals surface area contributed by atoms with Crippen molar-refractivity contribution >= 4 is 0 Å². The number of hydrogen-bond donors (Lipinski definition) is 0. The highest BCUT2D eigenvalue weighted by molar-refractivity contribution is 5.93. The molecule has 0 fully saturated rings. The van der Waals surface area contributed by atoms with E-state index in [1.54, 1.807) is 0 Å². The largest absolute Gasteiger partial charge is 0.256 e. The zero-order valence-corrected chi connectivity index (χ0v) is 28.6. The average Bonchev–Trinajstić information content (AvgIpc) is 3.44. The van der Waals surface area contributed by atoms with Crippen LogP contribution in [0.5, 0.6) is 0 Å². The van der Waals surface area contributed by atoms with Crippen molar-refractivity contribution in [3.8, 4) is 78.5 Å². The van der Waals surface area contributed by atoms with Gasteiger partial charge in [0.05, 0.1) is 17.1 Å². The third kappa shape index (κ3) is 5.53. The van der Waals surface area contributed by atoms with Gasteiger partial charge in [0.1, 0.15) is 0 Å². The van der Waals surface area contributed by atoms with Crippen molar-refractivity contribution < 1.29 is 0 Å². The molecule has 6 aromatic carbocycles. The molecule has 2 aromatic heterocycles. The highest BCUT2D eigenvalue weighted by atomic mass is 14.9. The van der Waals surface area contributed by atoms with Crippen LogP contribution in [0.15, 0.2) is 176 Å². The molecule has 8 aromatic rings. The van der Waals surface area contributed by atoms with Crippen LogP contribution in [-0.2, 0) is 5.41 Å². The molecule has 0 atom stereocenters. The van der Waals surface area contributed by atoms with Crippen molar-refractivity contribution in [2.75, 3.05) is 0 Å². The minimum absolute atomic E-state index is 0.0290. The molecular formula is C48H35N3. The molecule has 0 saturated carbocycles. The molecule has 3 heteroatoms. The number of benzene rings is 6. The van der Waals surface area contributed by atoms with Crippen molar-refractivity contribution in [3.05, 3.63) is 187 Å². The van der Waals surface area contributed by atoms with Crippen LogP contribution in [-0.4, -0.2) is 15.0 Å². The maximum absolute atomic E-state index is 5.05. The van der Waals surface area contributed by atoms with E-state index >= 15 is 0 Å². The predicted molar refractivity (Wildman–Crippen MR) is 210 cm³/mol. The van der Waals surface area contributed by atoms with Gasteiger partial charge in [-0.1, -0.05) is 159 Å². The molecule has 0 spiro atoms. The summed E-state index contributed by atoms with van der Waals surface area (Å²) in [6.45, 7) is 4.67. The van der Waals surface area contributed by atoms with Gasteiger partial charge in [0.25, 0.3) is 0 Å². The molecule has 0 N–H and O–H groups in total. The Balaban J connectivity index is 1.07. The van der Waals surface area contributed by atoms with Crippen LogP contribution in [0.1, 0.15) is 25.0 Å². The normalized spacial score (nSPS) is 12.7. The Labute approximate surface area is 299 Å². The molecular weight excluding hydrogens is 619 g/mol. The maximum Gasteiger partial charge on any atom is 0.160 e. The van der Waals surface area contributed by atoms with E-state index in [0.29, 0.717) is 5.82 Å². The molecule has 0 saturated heterocycles. The summed E-state index contributed by atoms with van der Waals surface area (Å²) in [6.07, 6.45) is 1.90. The van der Waals surface area contributed by atoms with E-state index in [1.165, 1.54) is 38.9 Å². The number of pyridine rings is 1. The molecule has 51 heavy (non-hydrogen) atoms. The number of fused-ring (bicyclic) bond motifs is 3. The van der Waals surface area contributed by atoms with Gasteiger partial charge in [-0.05, 0) is 68.8 Å². The Bertz CT molecular complexity index is 2520. The van der Waals surface area contributed by atoms with Crippen LogP contribution in [0.2, 0.25) is 0 Å². The fourth-order valence-electron chi connectivity index (χ4n) is 7.48. The molecule has 1 aliphatic rings. The molecule has 242 valence electrons. The maximum atomic E-state index is 5.05. The summed E-state index contributed by atoms with van der Waals surface area (Å²) in [5, 5.41) is 0. The zero-order chi connectivity index (χ0) is 34.4. The molecule has 0 aliphatic heterocycles. The number of nitrogens with zero attached hydrogens (tertiary/aromatic N) is 3. The number of rotatable bonds is 6. The molecule has 0 unspecified atom stereocenters. The third-order valence-corrected chi connectivity index (χ3v) is 10.2. The highest BCUT2D eigenvalue weighted by Gasteiger charge is 2.36. The second kappa shape index (κ2) is 12.5. The van der Waals surface area contributed by atoms with Gasteiger partial charge in [0.2, 0.25) is 0 Å². The fourth-order valence-corrected chi connectivity index (χ4v) is 7.48. The molecule has 3 nitrogen and oxygen atoms in total. The Morgan fingerprint density at radius 1 is 0.373 bits per heavy atom. The van der Waals surface area contributed by atoms with Crippen molar-refractivity contribution in [2.24, 2.45) is 0 Å². The van der Waals surface area contributed by atoms with Gasteiger partial charge in [-0.3, -0.25) is 4.98 Å². The van der Waals surface area contributed by atoms with E-state index in [2.05, 4.69) is 147 Å². The lowest BCUT2D eigenvalue weighted by molar-refractivity contribution is 0.660. The minimum Gasteiger partial charge on any atom is -0.256 e. The molecule has 9 rings (SSSR count). The van der Waals surface area contributed by atoms with Crippen LogP contribution in [0.4, 0.5) is 0 Å². The van der Waals surface area contributed by atoms with Crippen LogP contribution < -0.4 is 0 Å². The lowest BCUT2D eigenvalue weighted by Gasteiger charge is -2.21. The second-order valence-electron chi connectivity index (χ2n) is 13.7. The topological polar surface area (TPSA) is 38.7 Å². The van der Waals surface area contributed by atoms with Crippen molar-refractivity contribution in [3.63, 3.8) is 0 Å². The standard InChI is InChI=1S/C48H35N3/c1-48(2)41-21-10-9-19-40(41)46-39(20-12-22-42(46)48)37-18-11-17-36(29-37)32-23-25-34(26-24-32)44-30-45(51-47(50-44)35-15-7-4-8-16-35)38-27-28-43(49-31-38)33-13-5-3-6-14-33/h3-31H,1-2H3. The Kier molecular flexibility index (Phi) is 7.48. The van der Waals surface area contributed by atoms with E-state index in [-0.39, 0.29) is 5.41 Å². The second-order valence-corrected chi connectivity index (χ2v) is 13.7. The van der Waals surface area contributed by atoms with Gasteiger partial charge in [0, 0.05) is 33.9 Å². The molecule has 1 aliphatic carbocycles. The lowest BCUT2D eigenvalue weighted by Crippen LogP contribution is -2.14. The quantitative estimate of drug-likeness (QED) is 0.179. The van der Waals surface area contributed by atoms with Gasteiger partial charge in [-0.2, -0.15) is 0 Å². The van der Waals surface area contributed by atoms with Gasteiger partial charge in [-0.25, -0.2) is 9.97 Å². The number of aromatic nitrogens is 3. The lowest BCUT2D eigenvalue weighted by atomic mass is 9.82. The predicted octanol–water partition coefficient (Wildman–Crippen LogP) is 12.2. The molecule has 0 amide bonds. The SMILES string of the molecule is CC1(C)c2ccccc2-c2c(-c3cccc(-c4ccc(-c5cc(-c6ccc(-c7ccccc7)nc6)nc(-c6ccccc6)n5)cc4)c3)cccc21. The van der Waals surface area contributed by atoms with Crippen LogP contribution in [0, 0.1) is 0 Å². The van der Waals surface area contributed by atoms with Gasteiger partial charge < -0.3 is 0 Å². The summed E-state index contributed by atoms with van der Waals surface area (Å²) < 4.78 is 0. The summed E-state index contributed by atoms with van der Waals surface area (Å²) in [5.74, 6) is 0.687. The van der Waals surface area contributed by atoms with Crippen molar-refractivity contribution in [1.29, 1.82) is 0 Å².